The van der Waals surface area contributed by atoms with Crippen molar-refractivity contribution in [3.8, 4) is 6.08 Å². The Bertz CT molecular complexity index is 295. The first-order valence-electron chi connectivity index (χ1n) is 5.22. The Hall–Kier alpha value is -1.07. The SMILES string of the molecule is CNCc1coc(OC2CCOCC2)n1. The van der Waals surface area contributed by atoms with Gasteiger partial charge in [-0.2, -0.15) is 4.98 Å². The van der Waals surface area contributed by atoms with Gasteiger partial charge in [0.15, 0.2) is 0 Å². The van der Waals surface area contributed by atoms with Crippen LogP contribution in [0.5, 0.6) is 6.08 Å². The van der Waals surface area contributed by atoms with Crippen molar-refractivity contribution in [3.05, 3.63) is 12.0 Å². The second-order valence-electron chi connectivity index (χ2n) is 3.56. The van der Waals surface area contributed by atoms with Crippen molar-refractivity contribution in [2.45, 2.75) is 25.5 Å². The summed E-state index contributed by atoms with van der Waals surface area (Å²) in [4.78, 5) is 4.20. The number of oxazole rings is 1. The second-order valence-corrected chi connectivity index (χ2v) is 3.56. The Balaban J connectivity index is 1.86. The first-order chi connectivity index (χ1) is 7.38. The van der Waals surface area contributed by atoms with Crippen LogP contribution in [-0.4, -0.2) is 31.3 Å². The molecule has 1 fully saturated rings. The van der Waals surface area contributed by atoms with E-state index in [1.54, 1.807) is 6.26 Å². The molecule has 0 bridgehead atoms. The lowest BCUT2D eigenvalue weighted by Gasteiger charge is -2.20. The van der Waals surface area contributed by atoms with Crippen molar-refractivity contribution >= 4 is 0 Å². The molecule has 0 amide bonds. The molecule has 0 radical (unpaired) electrons. The summed E-state index contributed by atoms with van der Waals surface area (Å²) in [5, 5.41) is 3.00. The highest BCUT2D eigenvalue weighted by atomic mass is 16.6. The highest BCUT2D eigenvalue weighted by Crippen LogP contribution is 2.17. The van der Waals surface area contributed by atoms with Gasteiger partial charge in [-0.05, 0) is 7.05 Å². The van der Waals surface area contributed by atoms with Crippen molar-refractivity contribution in [2.75, 3.05) is 20.3 Å². The van der Waals surface area contributed by atoms with Gasteiger partial charge < -0.3 is 19.2 Å². The summed E-state index contributed by atoms with van der Waals surface area (Å²) in [5.41, 5.74) is 0.861. The fourth-order valence-corrected chi connectivity index (χ4v) is 1.54. The van der Waals surface area contributed by atoms with Gasteiger partial charge in [0.25, 0.3) is 0 Å². The van der Waals surface area contributed by atoms with E-state index in [9.17, 15) is 0 Å². The van der Waals surface area contributed by atoms with Crippen LogP contribution in [0.3, 0.4) is 0 Å². The summed E-state index contributed by atoms with van der Waals surface area (Å²) in [5.74, 6) is 0. The molecule has 0 aliphatic carbocycles. The lowest BCUT2D eigenvalue weighted by Crippen LogP contribution is -2.26. The molecular weight excluding hydrogens is 196 g/mol. The van der Waals surface area contributed by atoms with Gasteiger partial charge in [0.2, 0.25) is 0 Å². The maximum Gasteiger partial charge on any atom is 0.394 e. The van der Waals surface area contributed by atoms with Crippen molar-refractivity contribution in [1.29, 1.82) is 0 Å². The average molecular weight is 212 g/mol. The highest BCUT2D eigenvalue weighted by molar-refractivity contribution is 4.99. The van der Waals surface area contributed by atoms with E-state index in [1.165, 1.54) is 0 Å². The zero-order chi connectivity index (χ0) is 10.5. The quantitative estimate of drug-likeness (QED) is 0.805. The molecule has 1 aliphatic heterocycles. The van der Waals surface area contributed by atoms with Crippen molar-refractivity contribution in [1.82, 2.24) is 10.3 Å². The number of hydrogen-bond donors (Lipinski definition) is 1. The van der Waals surface area contributed by atoms with Gasteiger partial charge in [-0.15, -0.1) is 0 Å². The standard InChI is InChI=1S/C10H16N2O3/c1-11-6-8-7-14-10(12-8)15-9-2-4-13-5-3-9/h7,9,11H,2-6H2,1H3. The molecule has 0 atom stereocenters. The van der Waals surface area contributed by atoms with E-state index in [2.05, 4.69) is 10.3 Å². The minimum atomic E-state index is 0.180. The number of ether oxygens (including phenoxy) is 2. The van der Waals surface area contributed by atoms with Crippen LogP contribution in [0.15, 0.2) is 10.7 Å². The average Bonchev–Trinajstić information content (AvgIpc) is 2.68. The first kappa shape index (κ1) is 10.4. The Morgan fingerprint density at radius 3 is 3.07 bits per heavy atom. The molecule has 5 nitrogen and oxygen atoms in total. The van der Waals surface area contributed by atoms with Crippen LogP contribution >= 0.6 is 0 Å². The minimum absolute atomic E-state index is 0.180. The van der Waals surface area contributed by atoms with Crippen LogP contribution in [0, 0.1) is 0 Å². The maximum atomic E-state index is 5.60. The van der Waals surface area contributed by atoms with Crippen LogP contribution in [0.2, 0.25) is 0 Å². The molecule has 1 aromatic heterocycles. The van der Waals surface area contributed by atoms with E-state index >= 15 is 0 Å². The van der Waals surface area contributed by atoms with Gasteiger partial charge in [-0.3, -0.25) is 0 Å². The van der Waals surface area contributed by atoms with Crippen LogP contribution < -0.4 is 10.1 Å². The fourth-order valence-electron chi connectivity index (χ4n) is 1.54. The predicted octanol–water partition coefficient (Wildman–Crippen LogP) is 0.952. The molecule has 0 saturated carbocycles. The number of hydrogen-bond acceptors (Lipinski definition) is 5. The predicted molar refractivity (Wildman–Crippen MR) is 53.7 cm³/mol. The highest BCUT2D eigenvalue weighted by Gasteiger charge is 2.17. The van der Waals surface area contributed by atoms with E-state index in [0.29, 0.717) is 12.6 Å². The first-order valence-corrected chi connectivity index (χ1v) is 5.22. The number of aromatic nitrogens is 1. The molecule has 1 aliphatic rings. The molecule has 5 heteroatoms. The number of nitrogens with zero attached hydrogens (tertiary/aromatic N) is 1. The molecule has 1 saturated heterocycles. The summed E-state index contributed by atoms with van der Waals surface area (Å²) < 4.78 is 16.0. The van der Waals surface area contributed by atoms with Crippen molar-refractivity contribution < 1.29 is 13.9 Å². The molecule has 1 aromatic rings. The molecule has 0 aromatic carbocycles. The van der Waals surface area contributed by atoms with E-state index in [4.69, 9.17) is 13.9 Å². The third-order valence-electron chi connectivity index (χ3n) is 2.32. The van der Waals surface area contributed by atoms with Gasteiger partial charge in [0, 0.05) is 19.4 Å². The van der Waals surface area contributed by atoms with E-state index in [0.717, 1.165) is 31.7 Å². The normalized spacial score (nSPS) is 17.9. The van der Waals surface area contributed by atoms with Crippen LogP contribution in [-0.2, 0) is 11.3 Å². The summed E-state index contributed by atoms with van der Waals surface area (Å²) >= 11 is 0. The Morgan fingerprint density at radius 1 is 1.53 bits per heavy atom. The topological polar surface area (TPSA) is 56.5 Å². The Labute approximate surface area is 88.8 Å². The van der Waals surface area contributed by atoms with Gasteiger partial charge in [-0.25, -0.2) is 0 Å². The van der Waals surface area contributed by atoms with E-state index in [-0.39, 0.29) is 6.10 Å². The van der Waals surface area contributed by atoms with Crippen molar-refractivity contribution in [2.24, 2.45) is 0 Å². The lowest BCUT2D eigenvalue weighted by atomic mass is 10.2. The maximum absolute atomic E-state index is 5.60. The molecule has 0 spiro atoms. The second kappa shape index (κ2) is 5.14. The monoisotopic (exact) mass is 212 g/mol. The molecule has 15 heavy (non-hydrogen) atoms. The van der Waals surface area contributed by atoms with Crippen LogP contribution in [0.4, 0.5) is 0 Å². The summed E-state index contributed by atoms with van der Waals surface area (Å²) in [6, 6.07) is 0. The lowest BCUT2D eigenvalue weighted by molar-refractivity contribution is 0.0133. The van der Waals surface area contributed by atoms with Crippen LogP contribution in [0.25, 0.3) is 0 Å². The summed E-state index contributed by atoms with van der Waals surface area (Å²) in [6.07, 6.45) is 3.98. The van der Waals surface area contributed by atoms with Crippen molar-refractivity contribution in [3.63, 3.8) is 0 Å². The van der Waals surface area contributed by atoms with Gasteiger partial charge >= 0.3 is 6.08 Å². The molecule has 1 N–H and O–H groups in total. The summed E-state index contributed by atoms with van der Waals surface area (Å²) in [6.45, 7) is 2.21. The molecule has 2 rings (SSSR count). The number of nitrogens with one attached hydrogen (secondary N) is 1. The Morgan fingerprint density at radius 2 is 2.33 bits per heavy atom. The largest absolute Gasteiger partial charge is 0.447 e. The zero-order valence-corrected chi connectivity index (χ0v) is 8.86. The third kappa shape index (κ3) is 2.94. The third-order valence-corrected chi connectivity index (χ3v) is 2.32. The summed E-state index contributed by atoms with van der Waals surface area (Å²) in [7, 11) is 1.87. The van der Waals surface area contributed by atoms with Gasteiger partial charge in [-0.1, -0.05) is 0 Å². The fraction of sp³-hybridized carbons (Fsp3) is 0.700. The number of rotatable bonds is 4. The Kier molecular flexibility index (Phi) is 3.58. The van der Waals surface area contributed by atoms with E-state index in [1.807, 2.05) is 7.05 Å². The zero-order valence-electron chi connectivity index (χ0n) is 8.86. The smallest absolute Gasteiger partial charge is 0.394 e. The molecular formula is C10H16N2O3. The molecule has 84 valence electrons. The minimum Gasteiger partial charge on any atom is -0.447 e. The van der Waals surface area contributed by atoms with E-state index < -0.39 is 0 Å². The molecule has 0 unspecified atom stereocenters. The van der Waals surface area contributed by atoms with Crippen LogP contribution in [0.1, 0.15) is 18.5 Å². The van der Waals surface area contributed by atoms with Gasteiger partial charge in [0.05, 0.1) is 18.9 Å². The molecule has 2 heterocycles. The van der Waals surface area contributed by atoms with Gasteiger partial charge in [0.1, 0.15) is 12.4 Å².